The Morgan fingerprint density at radius 3 is 2.79 bits per heavy atom. The van der Waals surface area contributed by atoms with Gasteiger partial charge in [-0.1, -0.05) is 19.3 Å². The summed E-state index contributed by atoms with van der Waals surface area (Å²) in [6, 6.07) is 1.61. The normalized spacial score (nSPS) is 18.0. The molecule has 1 aromatic heterocycles. The molecule has 0 atom stereocenters. The molecule has 2 rings (SSSR count). The van der Waals surface area contributed by atoms with Crippen LogP contribution in [0.2, 0.25) is 0 Å². The van der Waals surface area contributed by atoms with Crippen molar-refractivity contribution in [3.8, 4) is 0 Å². The van der Waals surface area contributed by atoms with E-state index in [1.807, 2.05) is 0 Å². The molecular formula is C13H19N3O3. The second-order valence-corrected chi connectivity index (χ2v) is 5.22. The van der Waals surface area contributed by atoms with E-state index in [4.69, 9.17) is 0 Å². The van der Waals surface area contributed by atoms with Crippen LogP contribution in [0.25, 0.3) is 0 Å². The zero-order valence-corrected chi connectivity index (χ0v) is 11.1. The molecule has 1 aromatic rings. The summed E-state index contributed by atoms with van der Waals surface area (Å²) in [6.07, 6.45) is 6.16. The number of nitrogens with one attached hydrogen (secondary N) is 1. The van der Waals surface area contributed by atoms with Crippen molar-refractivity contribution in [2.24, 2.45) is 0 Å². The average Bonchev–Trinajstić information content (AvgIpc) is 2.37. The monoisotopic (exact) mass is 265 g/mol. The van der Waals surface area contributed by atoms with Crippen LogP contribution in [0, 0.1) is 17.0 Å². The number of rotatable bonds is 4. The van der Waals surface area contributed by atoms with Gasteiger partial charge in [0.05, 0.1) is 10.5 Å². The van der Waals surface area contributed by atoms with Crippen LogP contribution in [0.3, 0.4) is 0 Å². The van der Waals surface area contributed by atoms with Crippen molar-refractivity contribution in [2.75, 3.05) is 11.9 Å². The smallest absolute Gasteiger partial charge is 0.314 e. The third-order valence-electron chi connectivity index (χ3n) is 3.68. The van der Waals surface area contributed by atoms with E-state index in [0.29, 0.717) is 12.1 Å². The van der Waals surface area contributed by atoms with Gasteiger partial charge in [-0.15, -0.1) is 0 Å². The van der Waals surface area contributed by atoms with Crippen LogP contribution in [-0.4, -0.2) is 27.2 Å². The number of aryl methyl sites for hydroxylation is 1. The molecule has 2 N–H and O–H groups in total. The van der Waals surface area contributed by atoms with E-state index < -0.39 is 10.5 Å². The third-order valence-corrected chi connectivity index (χ3v) is 3.68. The van der Waals surface area contributed by atoms with Crippen LogP contribution >= 0.6 is 0 Å². The number of hydrogen-bond donors (Lipinski definition) is 2. The topological polar surface area (TPSA) is 88.3 Å². The maximum Gasteiger partial charge on any atom is 0.314 e. The summed E-state index contributed by atoms with van der Waals surface area (Å²) in [6.45, 7) is 1.99. The fraction of sp³-hybridized carbons (Fsp3) is 0.615. The molecule has 6 nitrogen and oxygen atoms in total. The zero-order valence-electron chi connectivity index (χ0n) is 11.1. The number of hydrogen-bond acceptors (Lipinski definition) is 5. The van der Waals surface area contributed by atoms with Crippen LogP contribution < -0.4 is 5.32 Å². The molecular weight excluding hydrogens is 246 g/mol. The molecule has 104 valence electrons. The minimum absolute atomic E-state index is 0.0121. The van der Waals surface area contributed by atoms with Gasteiger partial charge in [0, 0.05) is 18.3 Å². The highest BCUT2D eigenvalue weighted by Gasteiger charge is 2.30. The van der Waals surface area contributed by atoms with Crippen molar-refractivity contribution in [1.82, 2.24) is 4.98 Å². The van der Waals surface area contributed by atoms with Crippen LogP contribution in [0.5, 0.6) is 0 Å². The summed E-state index contributed by atoms with van der Waals surface area (Å²) in [7, 11) is 0. The van der Waals surface area contributed by atoms with E-state index in [-0.39, 0.29) is 11.5 Å². The van der Waals surface area contributed by atoms with Crippen molar-refractivity contribution < 1.29 is 10.0 Å². The van der Waals surface area contributed by atoms with Gasteiger partial charge in [0.15, 0.2) is 0 Å². The number of nitro groups is 1. The summed E-state index contributed by atoms with van der Waals surface area (Å²) >= 11 is 0. The van der Waals surface area contributed by atoms with Gasteiger partial charge in [-0.2, -0.15) is 0 Å². The van der Waals surface area contributed by atoms with E-state index in [2.05, 4.69) is 10.3 Å². The summed E-state index contributed by atoms with van der Waals surface area (Å²) < 4.78 is 0. The van der Waals surface area contributed by atoms with Crippen LogP contribution in [-0.2, 0) is 0 Å². The molecule has 0 aliphatic heterocycles. The molecule has 1 aliphatic rings. The number of nitrogens with zero attached hydrogens (tertiary/aromatic N) is 2. The van der Waals surface area contributed by atoms with E-state index in [0.717, 1.165) is 32.1 Å². The largest absolute Gasteiger partial charge is 0.388 e. The molecule has 0 aromatic carbocycles. The second-order valence-electron chi connectivity index (χ2n) is 5.22. The van der Waals surface area contributed by atoms with Crippen LogP contribution in [0.15, 0.2) is 12.3 Å². The lowest BCUT2D eigenvalue weighted by molar-refractivity contribution is -0.384. The maximum atomic E-state index is 11.0. The number of pyridine rings is 1. The van der Waals surface area contributed by atoms with E-state index >= 15 is 0 Å². The summed E-state index contributed by atoms with van der Waals surface area (Å²) in [5.41, 5.74) is -0.211. The van der Waals surface area contributed by atoms with Gasteiger partial charge in [-0.25, -0.2) is 4.98 Å². The molecule has 19 heavy (non-hydrogen) atoms. The third kappa shape index (κ3) is 3.20. The predicted octanol–water partition coefficient (Wildman–Crippen LogP) is 2.41. The highest BCUT2D eigenvalue weighted by molar-refractivity contribution is 5.59. The van der Waals surface area contributed by atoms with Crippen molar-refractivity contribution in [1.29, 1.82) is 0 Å². The lowest BCUT2D eigenvalue weighted by Gasteiger charge is -2.32. The first-order valence-corrected chi connectivity index (χ1v) is 6.58. The van der Waals surface area contributed by atoms with E-state index in [1.54, 1.807) is 13.0 Å². The lowest BCUT2D eigenvalue weighted by atomic mass is 9.85. The van der Waals surface area contributed by atoms with Crippen molar-refractivity contribution >= 4 is 11.5 Å². The van der Waals surface area contributed by atoms with E-state index in [9.17, 15) is 15.2 Å². The Kier molecular flexibility index (Phi) is 3.99. The van der Waals surface area contributed by atoms with Crippen molar-refractivity contribution in [3.05, 3.63) is 27.9 Å². The fourth-order valence-corrected chi connectivity index (χ4v) is 2.55. The molecule has 0 saturated heterocycles. The summed E-state index contributed by atoms with van der Waals surface area (Å²) in [5, 5.41) is 24.4. The Hall–Kier alpha value is -1.69. The Balaban J connectivity index is 2.11. The Morgan fingerprint density at radius 2 is 2.16 bits per heavy atom. The fourth-order valence-electron chi connectivity index (χ4n) is 2.55. The minimum Gasteiger partial charge on any atom is -0.388 e. The van der Waals surface area contributed by atoms with Crippen molar-refractivity contribution in [3.63, 3.8) is 0 Å². The average molecular weight is 265 g/mol. The van der Waals surface area contributed by atoms with Crippen LogP contribution in [0.1, 0.15) is 37.7 Å². The number of aliphatic hydroxyl groups is 1. The molecule has 1 saturated carbocycles. The second kappa shape index (κ2) is 5.52. The minimum atomic E-state index is -0.766. The number of anilines is 1. The highest BCUT2D eigenvalue weighted by Crippen LogP contribution is 2.30. The first-order chi connectivity index (χ1) is 9.02. The molecule has 0 spiro atoms. The molecule has 1 fully saturated rings. The molecule has 0 bridgehead atoms. The lowest BCUT2D eigenvalue weighted by Crippen LogP contribution is -2.39. The maximum absolute atomic E-state index is 11.0. The molecule has 0 unspecified atom stereocenters. The molecule has 1 heterocycles. The van der Waals surface area contributed by atoms with Crippen LogP contribution in [0.4, 0.5) is 11.5 Å². The SMILES string of the molecule is Cc1ccnc(NCC2(O)CCCCC2)c1[N+](=O)[O-]. The Labute approximate surface area is 112 Å². The molecule has 1 aliphatic carbocycles. The summed E-state index contributed by atoms with van der Waals surface area (Å²) in [5.74, 6) is 0.240. The van der Waals surface area contributed by atoms with Gasteiger partial charge in [0.25, 0.3) is 0 Å². The van der Waals surface area contributed by atoms with Crippen molar-refractivity contribution in [2.45, 2.75) is 44.6 Å². The van der Waals surface area contributed by atoms with Gasteiger partial charge >= 0.3 is 5.69 Å². The first kappa shape index (κ1) is 13.7. The molecule has 6 heteroatoms. The van der Waals surface area contributed by atoms with Gasteiger partial charge in [0.1, 0.15) is 0 Å². The Morgan fingerprint density at radius 1 is 1.47 bits per heavy atom. The first-order valence-electron chi connectivity index (χ1n) is 6.58. The van der Waals surface area contributed by atoms with Gasteiger partial charge in [0.2, 0.25) is 5.82 Å². The Bertz CT molecular complexity index is 470. The predicted molar refractivity (Wildman–Crippen MR) is 72.2 cm³/mol. The highest BCUT2D eigenvalue weighted by atomic mass is 16.6. The standard InChI is InChI=1S/C13H19N3O3/c1-10-5-8-14-12(11(10)16(18)19)15-9-13(17)6-3-2-4-7-13/h5,8,17H,2-4,6-7,9H2,1H3,(H,14,15). The quantitative estimate of drug-likeness (QED) is 0.644. The number of aromatic nitrogens is 1. The van der Waals surface area contributed by atoms with E-state index in [1.165, 1.54) is 6.20 Å². The van der Waals surface area contributed by atoms with Gasteiger partial charge < -0.3 is 10.4 Å². The van der Waals surface area contributed by atoms with Gasteiger partial charge in [-0.05, 0) is 25.8 Å². The zero-order chi connectivity index (χ0) is 13.9. The molecule has 0 radical (unpaired) electrons. The molecule has 0 amide bonds. The summed E-state index contributed by atoms with van der Waals surface area (Å²) in [4.78, 5) is 14.6. The van der Waals surface area contributed by atoms with Gasteiger partial charge in [-0.3, -0.25) is 10.1 Å².